The van der Waals surface area contributed by atoms with Crippen LogP contribution in [0.5, 0.6) is 0 Å². The standard InChI is InChI=1S/C24H22ClF3N4O4.C18H19F2N3O5/c1-10-16(19(33)21(35)31-23(22(36)29-2)8-24(27,28)9-23)18-13-5-11(13)7-32(18)17(10)20(34)30-12-3-4-15(26)14(25)6-12;1-7-10(12-9-3-8(9)4-23(12)11(7)15(26)27)13(24)14(25)22-17(16(28)21-2)5-18(19,20)6-17/h3-4,6,11,13H,5,7-9H2,1-2H3,(H,29,36)(H,30,34)(H,31,35);8-9H,3-6H2,1-2H3,(H,21,28)(H,22,25)(H,26,27)/t11-,13-;8-,9-/m11/s1. The third kappa shape index (κ3) is 7.20. The van der Waals surface area contributed by atoms with Crippen molar-refractivity contribution in [2.45, 2.75) is 100 Å². The number of nitrogens with one attached hydrogen (secondary N) is 5. The van der Waals surface area contributed by atoms with Gasteiger partial charge in [0.05, 0.1) is 16.1 Å². The molecule has 5 amide bonds. The van der Waals surface area contributed by atoms with Gasteiger partial charge in [-0.25, -0.2) is 26.7 Å². The molecule has 0 saturated heterocycles. The summed E-state index contributed by atoms with van der Waals surface area (Å²) >= 11 is 5.80. The molecule has 6 aliphatic rings. The quantitative estimate of drug-likeness (QED) is 0.0928. The maximum Gasteiger partial charge on any atom is 0.352 e. The number of fused-ring (bicyclic) bond motifs is 6. The first-order valence-corrected chi connectivity index (χ1v) is 20.7. The number of carbonyl (C=O) groups excluding carboxylic acids is 7. The molecule has 9 rings (SSSR count). The van der Waals surface area contributed by atoms with E-state index in [9.17, 15) is 65.4 Å². The van der Waals surface area contributed by atoms with Gasteiger partial charge in [-0.3, -0.25) is 33.6 Å². The average Bonchev–Trinajstić information content (AvgIpc) is 4.00. The normalized spacial score (nSPS) is 23.4. The Kier molecular flexibility index (Phi) is 10.4. The Bertz CT molecular complexity index is 2640. The molecule has 64 heavy (non-hydrogen) atoms. The van der Waals surface area contributed by atoms with E-state index in [0.29, 0.717) is 24.5 Å². The Morgan fingerprint density at radius 2 is 1.12 bits per heavy atom. The maximum atomic E-state index is 13.6. The molecule has 4 saturated carbocycles. The zero-order valence-electron chi connectivity index (χ0n) is 34.6. The highest BCUT2D eigenvalue weighted by Gasteiger charge is 2.63. The minimum Gasteiger partial charge on any atom is -0.477 e. The maximum absolute atomic E-state index is 13.6. The summed E-state index contributed by atoms with van der Waals surface area (Å²) in [6.07, 6.45) is -1.99. The van der Waals surface area contributed by atoms with E-state index in [-0.39, 0.29) is 68.0 Å². The number of halogens is 6. The zero-order valence-corrected chi connectivity index (χ0v) is 35.3. The number of aromatic nitrogens is 2. The molecular weight excluding hydrogens is 877 g/mol. The number of rotatable bonds is 11. The van der Waals surface area contributed by atoms with Crippen LogP contribution in [0.2, 0.25) is 5.02 Å². The molecule has 4 atom stereocenters. The van der Waals surface area contributed by atoms with Crippen LogP contribution in [0.15, 0.2) is 18.2 Å². The number of amides is 5. The highest BCUT2D eigenvalue weighted by atomic mass is 35.5. The van der Waals surface area contributed by atoms with Crippen molar-refractivity contribution in [1.82, 2.24) is 30.4 Å². The molecule has 22 heteroatoms. The lowest BCUT2D eigenvalue weighted by molar-refractivity contribution is -0.164. The molecule has 16 nitrogen and oxygen atoms in total. The molecule has 2 aliphatic heterocycles. The smallest absolute Gasteiger partial charge is 0.352 e. The number of benzene rings is 1. The van der Waals surface area contributed by atoms with Crippen LogP contribution >= 0.6 is 11.6 Å². The topological polar surface area (TPSA) is 227 Å². The van der Waals surface area contributed by atoms with Crippen LogP contribution in [-0.2, 0) is 32.3 Å². The summed E-state index contributed by atoms with van der Waals surface area (Å²) in [5.74, 6) is -14.1. The molecule has 340 valence electrons. The number of likely N-dealkylation sites (N-methyl/N-ethyl adjacent to an activating group) is 2. The molecule has 0 unspecified atom stereocenters. The first-order chi connectivity index (χ1) is 29.9. The Morgan fingerprint density at radius 1 is 0.703 bits per heavy atom. The molecule has 0 bridgehead atoms. The van der Waals surface area contributed by atoms with E-state index in [4.69, 9.17) is 11.6 Å². The fraction of sp³-hybridized carbons (Fsp3) is 0.476. The summed E-state index contributed by atoms with van der Waals surface area (Å²) in [7, 11) is 2.51. The van der Waals surface area contributed by atoms with Gasteiger partial charge in [-0.2, -0.15) is 0 Å². The largest absolute Gasteiger partial charge is 0.477 e. The minimum atomic E-state index is -3.13. The number of carboxylic acid groups (broad SMARTS) is 1. The Hall–Kier alpha value is -6.12. The van der Waals surface area contributed by atoms with E-state index in [1.807, 2.05) is 0 Å². The molecule has 0 spiro atoms. The van der Waals surface area contributed by atoms with Gasteiger partial charge in [0.15, 0.2) is 0 Å². The van der Waals surface area contributed by atoms with Crippen molar-refractivity contribution in [1.29, 1.82) is 0 Å². The number of hydrogen-bond acceptors (Lipinski definition) is 8. The molecule has 4 heterocycles. The van der Waals surface area contributed by atoms with Crippen molar-refractivity contribution in [2.75, 3.05) is 19.4 Å². The van der Waals surface area contributed by atoms with Gasteiger partial charge in [0, 0.05) is 81.8 Å². The molecule has 4 fully saturated rings. The van der Waals surface area contributed by atoms with E-state index < -0.39 is 101 Å². The van der Waals surface area contributed by atoms with Crippen LogP contribution in [0.25, 0.3) is 0 Å². The predicted molar refractivity (Wildman–Crippen MR) is 213 cm³/mol. The molecule has 4 aliphatic carbocycles. The lowest BCUT2D eigenvalue weighted by Crippen LogP contribution is -2.69. The predicted octanol–water partition coefficient (Wildman–Crippen LogP) is 4.00. The van der Waals surface area contributed by atoms with E-state index in [1.54, 1.807) is 9.13 Å². The third-order valence-corrected chi connectivity index (χ3v) is 13.5. The first kappa shape index (κ1) is 44.5. The minimum absolute atomic E-state index is 0.00166. The number of alkyl halides is 4. The van der Waals surface area contributed by atoms with Crippen LogP contribution in [0, 0.1) is 31.5 Å². The van der Waals surface area contributed by atoms with Gasteiger partial charge < -0.3 is 40.8 Å². The van der Waals surface area contributed by atoms with Gasteiger partial charge in [0.2, 0.25) is 11.8 Å². The number of nitrogens with zero attached hydrogens (tertiary/aromatic N) is 2. The third-order valence-electron chi connectivity index (χ3n) is 13.2. The fourth-order valence-corrected chi connectivity index (χ4v) is 10.3. The average molecular weight is 918 g/mol. The second kappa shape index (κ2) is 15.0. The van der Waals surface area contributed by atoms with Crippen LogP contribution in [0.3, 0.4) is 0 Å². The summed E-state index contributed by atoms with van der Waals surface area (Å²) in [5, 5.41) is 20.9. The zero-order chi connectivity index (χ0) is 46.7. The fourth-order valence-electron chi connectivity index (χ4n) is 10.2. The van der Waals surface area contributed by atoms with Gasteiger partial charge in [0.1, 0.15) is 28.3 Å². The first-order valence-electron chi connectivity index (χ1n) is 20.3. The molecule has 2 aromatic heterocycles. The summed E-state index contributed by atoms with van der Waals surface area (Å²) < 4.78 is 70.8. The molecule has 1 aromatic carbocycles. The number of Topliss-reactive ketones (excluding diaryl/α,β-unsaturated/α-hetero) is 2. The Morgan fingerprint density at radius 3 is 1.52 bits per heavy atom. The summed E-state index contributed by atoms with van der Waals surface area (Å²) in [6, 6.07) is 3.70. The lowest BCUT2D eigenvalue weighted by Gasteiger charge is -2.45. The van der Waals surface area contributed by atoms with E-state index in [2.05, 4.69) is 26.6 Å². The van der Waals surface area contributed by atoms with Gasteiger partial charge in [-0.05, 0) is 67.9 Å². The number of carbonyl (C=O) groups is 8. The Balaban J connectivity index is 0.000000181. The second-order valence-corrected chi connectivity index (χ2v) is 18.0. The van der Waals surface area contributed by atoms with Crippen molar-refractivity contribution in [3.63, 3.8) is 0 Å². The molecule has 3 aromatic rings. The van der Waals surface area contributed by atoms with E-state index in [1.165, 1.54) is 40.1 Å². The van der Waals surface area contributed by atoms with Crippen LogP contribution in [0.1, 0.15) is 115 Å². The number of hydrogen-bond donors (Lipinski definition) is 6. The summed E-state index contributed by atoms with van der Waals surface area (Å²) in [5.41, 5.74) is -1.79. The summed E-state index contributed by atoms with van der Waals surface area (Å²) in [6.45, 7) is 3.95. The number of carboxylic acids is 1. The number of ketones is 2. The van der Waals surface area contributed by atoms with Gasteiger partial charge in [-0.1, -0.05) is 11.6 Å². The van der Waals surface area contributed by atoms with Crippen molar-refractivity contribution in [2.24, 2.45) is 11.8 Å². The molecule has 0 radical (unpaired) electrons. The molecule has 6 N–H and O–H groups in total. The van der Waals surface area contributed by atoms with Gasteiger partial charge in [-0.15, -0.1) is 0 Å². The number of aromatic carboxylic acids is 1. The van der Waals surface area contributed by atoms with Crippen molar-refractivity contribution >= 4 is 64.4 Å². The lowest BCUT2D eigenvalue weighted by atomic mass is 9.72. The van der Waals surface area contributed by atoms with Gasteiger partial charge >= 0.3 is 5.97 Å². The monoisotopic (exact) mass is 917 g/mol. The number of anilines is 1. The van der Waals surface area contributed by atoms with Crippen LogP contribution in [-0.4, -0.2) is 98.3 Å². The van der Waals surface area contributed by atoms with Crippen molar-refractivity contribution in [3.8, 4) is 0 Å². The Labute approximate surface area is 365 Å². The summed E-state index contributed by atoms with van der Waals surface area (Å²) in [4.78, 5) is 101. The molecular formula is C42H41ClF5N7O9. The van der Waals surface area contributed by atoms with Crippen LogP contribution in [0.4, 0.5) is 27.6 Å². The van der Waals surface area contributed by atoms with Crippen molar-refractivity contribution < 1.29 is 65.4 Å². The SMILES string of the molecule is CNC(=O)C1(NC(=O)C(=O)c2c(C)c(C(=O)Nc3ccc(F)c(Cl)c3)n3c2[C@@H]2C[C@@H]2C3)CC(F)(F)C1.CNC(=O)C1(NC(=O)C(=O)c2c(C)c(C(=O)O)n3c2[C@@H]2C[C@@H]2C3)CC(F)(F)C1. The van der Waals surface area contributed by atoms with E-state index >= 15 is 0 Å². The second-order valence-electron chi connectivity index (χ2n) is 17.6. The van der Waals surface area contributed by atoms with Gasteiger partial charge in [0.25, 0.3) is 41.1 Å². The van der Waals surface area contributed by atoms with E-state index in [0.717, 1.165) is 18.9 Å². The highest BCUT2D eigenvalue weighted by molar-refractivity contribution is 6.45. The van der Waals surface area contributed by atoms with Crippen LogP contribution < -0.4 is 26.6 Å². The van der Waals surface area contributed by atoms with Crippen molar-refractivity contribution in [3.05, 3.63) is 74.1 Å². The highest BCUT2D eigenvalue weighted by Crippen LogP contribution is 2.57.